The van der Waals surface area contributed by atoms with Crippen LogP contribution in [0.5, 0.6) is 0 Å². The lowest BCUT2D eigenvalue weighted by Crippen LogP contribution is -2.39. The van der Waals surface area contributed by atoms with Gasteiger partial charge in [0.05, 0.1) is 5.69 Å². The molecule has 9 heteroatoms. The summed E-state index contributed by atoms with van der Waals surface area (Å²) in [4.78, 5) is 22.8. The molecule has 2 aromatic heterocycles. The number of rotatable bonds is 4. The van der Waals surface area contributed by atoms with E-state index in [1.165, 1.54) is 16.9 Å². The molecule has 0 radical (unpaired) electrons. The summed E-state index contributed by atoms with van der Waals surface area (Å²) in [5.41, 5.74) is 1.95. The Morgan fingerprint density at radius 3 is 2.77 bits per heavy atom. The highest BCUT2D eigenvalue weighted by atomic mass is 35.5. The first kappa shape index (κ1) is 19.4. The van der Waals surface area contributed by atoms with E-state index in [0.717, 1.165) is 31.2 Å². The number of fused-ring (bicyclic) bond motifs is 1. The summed E-state index contributed by atoms with van der Waals surface area (Å²) < 4.78 is 28.1. The first-order valence-corrected chi connectivity index (χ1v) is 10.5. The molecule has 0 unspecified atom stereocenters. The number of aromatic nitrogens is 4. The first-order chi connectivity index (χ1) is 14.5. The van der Waals surface area contributed by atoms with Crippen LogP contribution in [0.25, 0.3) is 5.78 Å². The molecule has 1 aromatic carbocycles. The van der Waals surface area contributed by atoms with Crippen molar-refractivity contribution in [2.24, 2.45) is 0 Å². The average molecular weight is 432 g/mol. The van der Waals surface area contributed by atoms with Gasteiger partial charge in [0, 0.05) is 29.6 Å². The Morgan fingerprint density at radius 1 is 1.17 bits per heavy atom. The highest BCUT2D eigenvalue weighted by Gasteiger charge is 2.30. The second kappa shape index (κ2) is 7.58. The molecule has 3 aromatic rings. The molecule has 1 saturated heterocycles. The van der Waals surface area contributed by atoms with Crippen molar-refractivity contribution in [3.8, 4) is 0 Å². The van der Waals surface area contributed by atoms with E-state index in [1.807, 2.05) is 6.07 Å². The molecule has 2 aliphatic rings. The summed E-state index contributed by atoms with van der Waals surface area (Å²) in [5, 5.41) is 4.85. The fourth-order valence-electron chi connectivity index (χ4n) is 4.23. The predicted octanol–water partition coefficient (Wildman–Crippen LogP) is 4.61. The number of hydrogen-bond donors (Lipinski definition) is 0. The van der Waals surface area contributed by atoms with Crippen molar-refractivity contribution in [1.82, 2.24) is 24.5 Å². The molecule has 1 saturated carbocycles. The second-order valence-corrected chi connectivity index (χ2v) is 8.39. The Hall–Kier alpha value is -2.61. The van der Waals surface area contributed by atoms with Gasteiger partial charge in [0.25, 0.3) is 18.1 Å². The maximum absolute atomic E-state index is 13.3. The molecular formula is C21H20ClF2N5O. The predicted molar refractivity (Wildman–Crippen MR) is 107 cm³/mol. The fraction of sp³-hybridized carbons (Fsp3) is 0.429. The van der Waals surface area contributed by atoms with Gasteiger partial charge in [-0.25, -0.2) is 18.3 Å². The number of piperidine rings is 1. The van der Waals surface area contributed by atoms with E-state index in [9.17, 15) is 13.6 Å². The third-order valence-electron chi connectivity index (χ3n) is 5.91. The summed E-state index contributed by atoms with van der Waals surface area (Å²) in [5.74, 6) is 0.418. The third kappa shape index (κ3) is 3.53. The molecule has 1 aliphatic carbocycles. The van der Waals surface area contributed by atoms with Crippen molar-refractivity contribution in [3.63, 3.8) is 0 Å². The van der Waals surface area contributed by atoms with Crippen LogP contribution in [0.3, 0.4) is 0 Å². The van der Waals surface area contributed by atoms with Crippen LogP contribution in [0.2, 0.25) is 5.02 Å². The standard InChI is InChI=1S/C21H20ClF2N5O/c22-16-6-5-13(8-15(16)12-3-4-12)20(30)28-7-1-2-14(10-28)18-9-17(19(23)24)27-21-25-11-26-29(18)21/h5-6,8-9,11-12,14,19H,1-4,7,10H2/t14-/m0/s1. The van der Waals surface area contributed by atoms with E-state index >= 15 is 0 Å². The van der Waals surface area contributed by atoms with Gasteiger partial charge < -0.3 is 4.90 Å². The number of nitrogens with zero attached hydrogens (tertiary/aromatic N) is 5. The van der Waals surface area contributed by atoms with E-state index in [0.29, 0.717) is 35.3 Å². The zero-order valence-corrected chi connectivity index (χ0v) is 16.9. The number of benzene rings is 1. The van der Waals surface area contributed by atoms with Crippen molar-refractivity contribution in [1.29, 1.82) is 0 Å². The minimum atomic E-state index is -2.69. The molecule has 1 aliphatic heterocycles. The van der Waals surface area contributed by atoms with Crippen LogP contribution in [-0.4, -0.2) is 43.5 Å². The quantitative estimate of drug-likeness (QED) is 0.605. The first-order valence-electron chi connectivity index (χ1n) is 10.1. The maximum Gasteiger partial charge on any atom is 0.280 e. The number of halogens is 3. The monoisotopic (exact) mass is 431 g/mol. The minimum absolute atomic E-state index is 0.0590. The number of likely N-dealkylation sites (tertiary alicyclic amines) is 1. The van der Waals surface area contributed by atoms with Gasteiger partial charge >= 0.3 is 0 Å². The molecule has 1 amide bonds. The Morgan fingerprint density at radius 2 is 2.00 bits per heavy atom. The van der Waals surface area contributed by atoms with Crippen molar-refractivity contribution < 1.29 is 13.6 Å². The molecule has 30 heavy (non-hydrogen) atoms. The number of amides is 1. The van der Waals surface area contributed by atoms with Crippen molar-refractivity contribution in [2.75, 3.05) is 13.1 Å². The van der Waals surface area contributed by atoms with Crippen molar-refractivity contribution in [3.05, 3.63) is 58.1 Å². The Kier molecular flexibility index (Phi) is 4.89. The molecule has 3 heterocycles. The molecule has 156 valence electrons. The molecule has 5 rings (SSSR count). The molecule has 2 fully saturated rings. The lowest BCUT2D eigenvalue weighted by molar-refractivity contribution is 0.0704. The molecule has 0 spiro atoms. The highest BCUT2D eigenvalue weighted by Crippen LogP contribution is 2.43. The zero-order valence-electron chi connectivity index (χ0n) is 16.1. The van der Waals surface area contributed by atoms with Crippen LogP contribution in [0.4, 0.5) is 8.78 Å². The molecule has 0 N–H and O–H groups in total. The van der Waals surface area contributed by atoms with Gasteiger partial charge in [0.1, 0.15) is 12.0 Å². The lowest BCUT2D eigenvalue weighted by atomic mass is 9.93. The third-order valence-corrected chi connectivity index (χ3v) is 6.25. The number of carbonyl (C=O) groups excluding carboxylic acids is 1. The van der Waals surface area contributed by atoms with Crippen LogP contribution >= 0.6 is 11.6 Å². The zero-order chi connectivity index (χ0) is 20.8. The Bertz CT molecular complexity index is 1110. The summed E-state index contributed by atoms with van der Waals surface area (Å²) >= 11 is 6.30. The van der Waals surface area contributed by atoms with Gasteiger partial charge in [-0.3, -0.25) is 4.79 Å². The summed E-state index contributed by atoms with van der Waals surface area (Å²) in [6.45, 7) is 1.06. The topological polar surface area (TPSA) is 63.4 Å². The number of hydrogen-bond acceptors (Lipinski definition) is 4. The van der Waals surface area contributed by atoms with Crippen LogP contribution in [-0.2, 0) is 0 Å². The highest BCUT2D eigenvalue weighted by molar-refractivity contribution is 6.31. The van der Waals surface area contributed by atoms with Gasteiger partial charge in [-0.2, -0.15) is 10.1 Å². The molecule has 0 bridgehead atoms. The lowest BCUT2D eigenvalue weighted by Gasteiger charge is -2.33. The van der Waals surface area contributed by atoms with Gasteiger partial charge in [-0.05, 0) is 61.4 Å². The van der Waals surface area contributed by atoms with Crippen molar-refractivity contribution in [2.45, 2.75) is 43.9 Å². The molecular weight excluding hydrogens is 412 g/mol. The average Bonchev–Trinajstić information content (AvgIpc) is 3.49. The number of alkyl halides is 2. The van der Waals surface area contributed by atoms with Crippen LogP contribution in [0.15, 0.2) is 30.6 Å². The molecule has 1 atom stereocenters. The number of carbonyl (C=O) groups is 1. The van der Waals surface area contributed by atoms with Gasteiger partial charge in [0.15, 0.2) is 0 Å². The largest absolute Gasteiger partial charge is 0.338 e. The summed E-state index contributed by atoms with van der Waals surface area (Å²) in [6, 6.07) is 6.85. The van der Waals surface area contributed by atoms with E-state index in [2.05, 4.69) is 15.1 Å². The van der Waals surface area contributed by atoms with E-state index < -0.39 is 6.43 Å². The second-order valence-electron chi connectivity index (χ2n) is 7.98. The normalized spacial score (nSPS) is 19.6. The van der Waals surface area contributed by atoms with Gasteiger partial charge in [-0.15, -0.1) is 0 Å². The van der Waals surface area contributed by atoms with Crippen LogP contribution in [0, 0.1) is 0 Å². The summed E-state index contributed by atoms with van der Waals surface area (Å²) in [7, 11) is 0. The van der Waals surface area contributed by atoms with E-state index in [1.54, 1.807) is 17.0 Å². The Balaban J connectivity index is 1.43. The fourth-order valence-corrected chi connectivity index (χ4v) is 4.50. The van der Waals surface area contributed by atoms with E-state index in [-0.39, 0.29) is 23.3 Å². The molecule has 6 nitrogen and oxygen atoms in total. The maximum atomic E-state index is 13.3. The van der Waals surface area contributed by atoms with Gasteiger partial charge in [0.2, 0.25) is 0 Å². The van der Waals surface area contributed by atoms with E-state index in [4.69, 9.17) is 11.6 Å². The van der Waals surface area contributed by atoms with Crippen LogP contribution in [0.1, 0.15) is 71.3 Å². The smallest absolute Gasteiger partial charge is 0.280 e. The SMILES string of the molecule is O=C(c1ccc(Cl)c(C2CC2)c1)N1CCC[C@H](c2cc(C(F)F)nc3ncnn23)C1. The minimum Gasteiger partial charge on any atom is -0.338 e. The van der Waals surface area contributed by atoms with Crippen LogP contribution < -0.4 is 0 Å². The van der Waals surface area contributed by atoms with Gasteiger partial charge in [-0.1, -0.05) is 11.6 Å². The van der Waals surface area contributed by atoms with Crippen molar-refractivity contribution >= 4 is 23.3 Å². The summed E-state index contributed by atoms with van der Waals surface area (Å²) in [6.07, 6.45) is 2.38. The Labute approximate surface area is 176 Å².